The molecule has 6 heteroatoms. The van der Waals surface area contributed by atoms with E-state index in [9.17, 15) is 14.0 Å². The molecule has 5 nitrogen and oxygen atoms in total. The Morgan fingerprint density at radius 1 is 1.14 bits per heavy atom. The Balaban J connectivity index is 1.44. The maximum Gasteiger partial charge on any atom is 0.251 e. The first-order chi connectivity index (χ1) is 14.0. The number of rotatable bonds is 4. The summed E-state index contributed by atoms with van der Waals surface area (Å²) < 4.78 is 13.3. The molecule has 1 amide bonds. The highest BCUT2D eigenvalue weighted by Crippen LogP contribution is 2.24. The number of likely N-dealkylation sites (N-methyl/N-ethyl adjacent to an activating group) is 1. The minimum Gasteiger partial charge on any atom is -0.339 e. The minimum absolute atomic E-state index is 0.0534. The monoisotopic (exact) mass is 393 g/mol. The predicted molar refractivity (Wildman–Crippen MR) is 111 cm³/mol. The lowest BCUT2D eigenvalue weighted by molar-refractivity contribution is -0.134. The summed E-state index contributed by atoms with van der Waals surface area (Å²) in [7, 11) is 2.08. The summed E-state index contributed by atoms with van der Waals surface area (Å²) in [4.78, 5) is 32.0. The van der Waals surface area contributed by atoms with Gasteiger partial charge in [-0.25, -0.2) is 4.39 Å². The van der Waals surface area contributed by atoms with Gasteiger partial charge in [-0.2, -0.15) is 0 Å². The number of aromatic amines is 1. The maximum atomic E-state index is 13.3. The summed E-state index contributed by atoms with van der Waals surface area (Å²) >= 11 is 0. The quantitative estimate of drug-likeness (QED) is 0.741. The van der Waals surface area contributed by atoms with Crippen LogP contribution in [0.5, 0.6) is 0 Å². The Bertz CT molecular complexity index is 1080. The molecule has 1 aliphatic rings. The number of piperazine rings is 1. The van der Waals surface area contributed by atoms with Crippen LogP contribution in [0.1, 0.15) is 23.6 Å². The highest BCUT2D eigenvalue weighted by Gasteiger charge is 2.28. The average Bonchev–Trinajstić information content (AvgIpc) is 2.73. The number of hydrogen-bond acceptors (Lipinski definition) is 3. The normalized spacial score (nSPS) is 17.6. The summed E-state index contributed by atoms with van der Waals surface area (Å²) in [5.74, 6) is -0.336. The third-order valence-electron chi connectivity index (χ3n) is 5.68. The van der Waals surface area contributed by atoms with Gasteiger partial charge in [0.1, 0.15) is 5.82 Å². The van der Waals surface area contributed by atoms with Crippen molar-refractivity contribution in [1.82, 2.24) is 14.8 Å². The standard InChI is InChI=1S/C23H24FN3O2/c1-26-11-12-27(15-21(26)16-5-3-2-4-6-16)22(28)10-8-18-13-17-7-9-19(24)14-20(17)25-23(18)29/h2-7,9,13-14,21H,8,10-12,15H2,1H3,(H,25,29). The van der Waals surface area contributed by atoms with Gasteiger partial charge in [-0.15, -0.1) is 0 Å². The van der Waals surface area contributed by atoms with Crippen molar-refractivity contribution in [3.63, 3.8) is 0 Å². The Labute approximate surface area is 168 Å². The van der Waals surface area contributed by atoms with Gasteiger partial charge in [0.25, 0.3) is 5.56 Å². The molecular formula is C23H24FN3O2. The first-order valence-electron chi connectivity index (χ1n) is 9.86. The van der Waals surface area contributed by atoms with E-state index in [-0.39, 0.29) is 29.7 Å². The Morgan fingerprint density at radius 2 is 1.93 bits per heavy atom. The molecule has 2 aromatic carbocycles. The van der Waals surface area contributed by atoms with Crippen LogP contribution in [0.15, 0.2) is 59.4 Å². The molecule has 1 atom stereocenters. The number of carbonyl (C=O) groups excluding carboxylic acids is 1. The lowest BCUT2D eigenvalue weighted by atomic mass is 10.0. The number of aromatic nitrogens is 1. The molecule has 2 heterocycles. The molecule has 3 aromatic rings. The molecule has 1 aliphatic heterocycles. The van der Waals surface area contributed by atoms with Crippen molar-refractivity contribution in [1.29, 1.82) is 0 Å². The van der Waals surface area contributed by atoms with Crippen LogP contribution in [-0.4, -0.2) is 47.4 Å². The zero-order valence-corrected chi connectivity index (χ0v) is 16.4. The van der Waals surface area contributed by atoms with Crippen molar-refractivity contribution in [3.8, 4) is 0 Å². The molecule has 0 bridgehead atoms. The van der Waals surface area contributed by atoms with E-state index in [1.165, 1.54) is 17.7 Å². The van der Waals surface area contributed by atoms with E-state index >= 15 is 0 Å². The van der Waals surface area contributed by atoms with Crippen molar-refractivity contribution in [2.75, 3.05) is 26.7 Å². The van der Waals surface area contributed by atoms with Crippen molar-refractivity contribution in [2.45, 2.75) is 18.9 Å². The van der Waals surface area contributed by atoms with Gasteiger partial charge in [-0.3, -0.25) is 14.5 Å². The van der Waals surface area contributed by atoms with Crippen molar-refractivity contribution in [2.24, 2.45) is 0 Å². The fourth-order valence-electron chi connectivity index (χ4n) is 3.94. The van der Waals surface area contributed by atoms with Crippen LogP contribution in [-0.2, 0) is 11.2 Å². The second-order valence-electron chi connectivity index (χ2n) is 7.60. The first-order valence-corrected chi connectivity index (χ1v) is 9.86. The number of nitrogens with one attached hydrogen (secondary N) is 1. The van der Waals surface area contributed by atoms with E-state index in [1.807, 2.05) is 23.1 Å². The number of nitrogens with zero attached hydrogens (tertiary/aromatic N) is 2. The molecule has 1 aromatic heterocycles. The van der Waals surface area contributed by atoms with Gasteiger partial charge in [0, 0.05) is 31.6 Å². The van der Waals surface area contributed by atoms with Gasteiger partial charge in [0.2, 0.25) is 5.91 Å². The Kier molecular flexibility index (Phi) is 5.45. The van der Waals surface area contributed by atoms with Gasteiger partial charge in [-0.05, 0) is 48.7 Å². The van der Waals surface area contributed by atoms with E-state index in [4.69, 9.17) is 0 Å². The third-order valence-corrected chi connectivity index (χ3v) is 5.68. The molecule has 1 unspecified atom stereocenters. The molecule has 4 rings (SSSR count). The van der Waals surface area contributed by atoms with Gasteiger partial charge in [0.05, 0.1) is 11.6 Å². The van der Waals surface area contributed by atoms with Gasteiger partial charge in [0.15, 0.2) is 0 Å². The second kappa shape index (κ2) is 8.17. The molecule has 0 aliphatic carbocycles. The number of pyridine rings is 1. The molecule has 150 valence electrons. The van der Waals surface area contributed by atoms with E-state index in [2.05, 4.69) is 29.1 Å². The molecule has 29 heavy (non-hydrogen) atoms. The van der Waals surface area contributed by atoms with Gasteiger partial charge in [-0.1, -0.05) is 30.3 Å². The van der Waals surface area contributed by atoms with Gasteiger partial charge < -0.3 is 9.88 Å². The third kappa shape index (κ3) is 4.22. The molecule has 1 fully saturated rings. The number of carbonyl (C=O) groups is 1. The van der Waals surface area contributed by atoms with Crippen molar-refractivity contribution in [3.05, 3.63) is 81.9 Å². The van der Waals surface area contributed by atoms with E-state index < -0.39 is 0 Å². The van der Waals surface area contributed by atoms with Crippen molar-refractivity contribution >= 4 is 16.8 Å². The lowest BCUT2D eigenvalue weighted by Gasteiger charge is -2.39. The van der Waals surface area contributed by atoms with Crippen LogP contribution in [0.2, 0.25) is 0 Å². The smallest absolute Gasteiger partial charge is 0.251 e. The van der Waals surface area contributed by atoms with Crippen LogP contribution in [0.4, 0.5) is 4.39 Å². The molecular weight excluding hydrogens is 369 g/mol. The number of H-pyrrole nitrogens is 1. The molecule has 1 N–H and O–H groups in total. The summed E-state index contributed by atoms with van der Waals surface area (Å²) in [6, 6.07) is 16.4. The van der Waals surface area contributed by atoms with Crippen LogP contribution in [0.3, 0.4) is 0 Å². The molecule has 0 spiro atoms. The number of fused-ring (bicyclic) bond motifs is 1. The summed E-state index contributed by atoms with van der Waals surface area (Å²) in [6.45, 7) is 2.14. The minimum atomic E-state index is -0.390. The Morgan fingerprint density at radius 3 is 2.72 bits per heavy atom. The Hall–Kier alpha value is -2.99. The zero-order valence-electron chi connectivity index (χ0n) is 16.4. The number of benzene rings is 2. The van der Waals surface area contributed by atoms with E-state index in [0.29, 0.717) is 30.6 Å². The largest absolute Gasteiger partial charge is 0.339 e. The zero-order chi connectivity index (χ0) is 20.4. The van der Waals surface area contributed by atoms with Crippen LogP contribution in [0, 0.1) is 5.82 Å². The average molecular weight is 393 g/mol. The number of hydrogen-bond donors (Lipinski definition) is 1. The van der Waals surface area contributed by atoms with Crippen LogP contribution < -0.4 is 5.56 Å². The summed E-state index contributed by atoms with van der Waals surface area (Å²) in [5.41, 5.74) is 1.95. The molecule has 1 saturated heterocycles. The topological polar surface area (TPSA) is 56.4 Å². The van der Waals surface area contributed by atoms with Crippen molar-refractivity contribution < 1.29 is 9.18 Å². The van der Waals surface area contributed by atoms with E-state index in [0.717, 1.165) is 11.9 Å². The number of amides is 1. The fourth-order valence-corrected chi connectivity index (χ4v) is 3.94. The van der Waals surface area contributed by atoms with Gasteiger partial charge >= 0.3 is 0 Å². The second-order valence-corrected chi connectivity index (χ2v) is 7.60. The summed E-state index contributed by atoms with van der Waals surface area (Å²) in [6.07, 6.45) is 0.644. The predicted octanol–water partition coefficient (Wildman–Crippen LogP) is 3.12. The maximum absolute atomic E-state index is 13.3. The lowest BCUT2D eigenvalue weighted by Crippen LogP contribution is -2.49. The van der Waals surface area contributed by atoms with Crippen LogP contribution >= 0.6 is 0 Å². The summed E-state index contributed by atoms with van der Waals surface area (Å²) in [5, 5.41) is 0.761. The number of halogens is 1. The first kappa shape index (κ1) is 19.3. The van der Waals surface area contributed by atoms with Crippen LogP contribution in [0.25, 0.3) is 10.9 Å². The fraction of sp³-hybridized carbons (Fsp3) is 0.304. The molecule has 0 saturated carbocycles. The SMILES string of the molecule is CN1CCN(C(=O)CCc2cc3ccc(F)cc3[nH]c2=O)CC1c1ccccc1. The highest BCUT2D eigenvalue weighted by molar-refractivity contribution is 5.79. The number of aryl methyl sites for hydroxylation is 1. The highest BCUT2D eigenvalue weighted by atomic mass is 19.1. The van der Waals surface area contributed by atoms with E-state index in [1.54, 1.807) is 12.1 Å². The molecule has 0 radical (unpaired) electrons.